The minimum absolute atomic E-state index is 0.728. The number of hydrogen-bond acceptors (Lipinski definition) is 2. The van der Waals surface area contributed by atoms with E-state index in [2.05, 4.69) is 11.7 Å². The van der Waals surface area contributed by atoms with Crippen molar-refractivity contribution in [1.82, 2.24) is 0 Å². The summed E-state index contributed by atoms with van der Waals surface area (Å²) >= 11 is 0. The van der Waals surface area contributed by atoms with Crippen molar-refractivity contribution in [2.45, 2.75) is 13.3 Å². The van der Waals surface area contributed by atoms with Gasteiger partial charge < -0.3 is 4.74 Å². The lowest BCUT2D eigenvalue weighted by Gasteiger charge is -1.98. The third-order valence-corrected chi connectivity index (χ3v) is 1.23. The van der Waals surface area contributed by atoms with Crippen LogP contribution in [0, 0.1) is 0 Å². The Balaban J connectivity index is 3.89. The first-order chi connectivity index (χ1) is 5.35. The van der Waals surface area contributed by atoms with Gasteiger partial charge in [0.25, 0.3) is 0 Å². The molecule has 0 aliphatic rings. The van der Waals surface area contributed by atoms with Gasteiger partial charge in [0, 0.05) is 13.3 Å². The Labute approximate surface area is 68.3 Å². The monoisotopic (exact) mass is 153 g/mol. The molecule has 0 saturated carbocycles. The van der Waals surface area contributed by atoms with Gasteiger partial charge in [0.05, 0.1) is 6.61 Å². The highest BCUT2D eigenvalue weighted by atomic mass is 16.5. The van der Waals surface area contributed by atoms with E-state index < -0.39 is 0 Å². The van der Waals surface area contributed by atoms with Crippen LogP contribution in [0.15, 0.2) is 28.9 Å². The number of rotatable bonds is 5. The number of hydrogen-bond donors (Lipinski definition) is 0. The lowest BCUT2D eigenvalue weighted by atomic mass is 10.2. The second kappa shape index (κ2) is 7.22. The average molecular weight is 153 g/mol. The molecule has 11 heavy (non-hydrogen) atoms. The van der Waals surface area contributed by atoms with Crippen LogP contribution in [0.5, 0.6) is 0 Å². The number of aliphatic imine (C=N–C) groups is 1. The number of allylic oxidation sites excluding steroid dienone is 2. The number of methoxy groups -OCH3 is 1. The van der Waals surface area contributed by atoms with E-state index in [1.807, 2.05) is 19.1 Å². The van der Waals surface area contributed by atoms with E-state index >= 15 is 0 Å². The summed E-state index contributed by atoms with van der Waals surface area (Å²) in [4.78, 5) is 3.69. The predicted octanol–water partition coefficient (Wildman–Crippen LogP) is 2.18. The molecule has 62 valence electrons. The topological polar surface area (TPSA) is 21.6 Å². The van der Waals surface area contributed by atoms with E-state index in [1.165, 1.54) is 0 Å². The highest BCUT2D eigenvalue weighted by molar-refractivity contribution is 5.28. The fourth-order valence-electron chi connectivity index (χ4n) is 0.742. The second-order valence-corrected chi connectivity index (χ2v) is 2.13. The maximum Gasteiger partial charge on any atom is 0.0503 e. The van der Waals surface area contributed by atoms with Gasteiger partial charge in [-0.05, 0) is 25.6 Å². The Morgan fingerprint density at radius 3 is 2.82 bits per heavy atom. The van der Waals surface area contributed by atoms with Crippen molar-refractivity contribution in [3.05, 3.63) is 23.9 Å². The molecule has 0 atom stereocenters. The van der Waals surface area contributed by atoms with Gasteiger partial charge in [-0.3, -0.25) is 4.99 Å². The molecule has 0 bridgehead atoms. The highest BCUT2D eigenvalue weighted by Gasteiger charge is 1.89. The zero-order chi connectivity index (χ0) is 8.53. The van der Waals surface area contributed by atoms with E-state index in [9.17, 15) is 0 Å². The van der Waals surface area contributed by atoms with Crippen LogP contribution in [0.3, 0.4) is 0 Å². The number of ether oxygens (including phenoxy) is 1. The lowest BCUT2D eigenvalue weighted by Crippen LogP contribution is -1.89. The first-order valence-corrected chi connectivity index (χ1v) is 3.61. The molecule has 0 amide bonds. The van der Waals surface area contributed by atoms with Crippen molar-refractivity contribution in [2.24, 2.45) is 4.99 Å². The summed E-state index contributed by atoms with van der Waals surface area (Å²) in [5.74, 6) is 0. The zero-order valence-corrected chi connectivity index (χ0v) is 7.21. The molecule has 2 heteroatoms. The fourth-order valence-corrected chi connectivity index (χ4v) is 0.742. The molecule has 0 saturated heterocycles. The van der Waals surface area contributed by atoms with Gasteiger partial charge in [0.15, 0.2) is 0 Å². The maximum absolute atomic E-state index is 4.93. The molecule has 0 aromatic carbocycles. The molecule has 0 aromatic rings. The van der Waals surface area contributed by atoms with Crippen molar-refractivity contribution in [3.63, 3.8) is 0 Å². The minimum atomic E-state index is 0.728. The molecule has 0 aliphatic carbocycles. The molecular formula is C9H15NO. The molecule has 0 rings (SSSR count). The summed E-state index contributed by atoms with van der Waals surface area (Å²) in [6, 6.07) is 0. The number of nitrogens with zero attached hydrogens (tertiary/aromatic N) is 1. The van der Waals surface area contributed by atoms with Gasteiger partial charge in [-0.25, -0.2) is 0 Å². The second-order valence-electron chi connectivity index (χ2n) is 2.13. The summed E-state index contributed by atoms with van der Waals surface area (Å²) in [5.41, 5.74) is 1.14. The first kappa shape index (κ1) is 10.1. The van der Waals surface area contributed by atoms with Crippen molar-refractivity contribution < 1.29 is 4.74 Å². The molecule has 0 fully saturated rings. The van der Waals surface area contributed by atoms with Gasteiger partial charge in [0.2, 0.25) is 0 Å². The van der Waals surface area contributed by atoms with Crippen molar-refractivity contribution in [2.75, 3.05) is 13.7 Å². The van der Waals surface area contributed by atoms with E-state index in [-0.39, 0.29) is 0 Å². The van der Waals surface area contributed by atoms with Crippen LogP contribution in [0.1, 0.15) is 13.3 Å². The molecule has 0 heterocycles. The van der Waals surface area contributed by atoms with Crippen molar-refractivity contribution in [1.29, 1.82) is 0 Å². The molecule has 0 radical (unpaired) electrons. The van der Waals surface area contributed by atoms with Crippen LogP contribution < -0.4 is 0 Å². The van der Waals surface area contributed by atoms with Gasteiger partial charge >= 0.3 is 0 Å². The van der Waals surface area contributed by atoms with Crippen LogP contribution in [0.2, 0.25) is 0 Å². The Kier molecular flexibility index (Phi) is 6.64. The molecule has 0 aliphatic heterocycles. The maximum atomic E-state index is 4.93. The quantitative estimate of drug-likeness (QED) is 0.438. The van der Waals surface area contributed by atoms with Crippen LogP contribution >= 0.6 is 0 Å². The van der Waals surface area contributed by atoms with Gasteiger partial charge in [-0.1, -0.05) is 12.2 Å². The molecule has 2 nitrogen and oxygen atoms in total. The van der Waals surface area contributed by atoms with E-state index in [0.29, 0.717) is 0 Å². The Hall–Kier alpha value is -0.890. The van der Waals surface area contributed by atoms with Crippen molar-refractivity contribution >= 4 is 6.72 Å². The normalized spacial score (nSPS) is 12.4. The third-order valence-electron chi connectivity index (χ3n) is 1.23. The minimum Gasteiger partial charge on any atom is -0.384 e. The van der Waals surface area contributed by atoms with Crippen molar-refractivity contribution in [3.8, 4) is 0 Å². The van der Waals surface area contributed by atoms with Crippen LogP contribution in [0.4, 0.5) is 0 Å². The average Bonchev–Trinajstić information content (AvgIpc) is 2.01. The van der Waals surface area contributed by atoms with Gasteiger partial charge in [0.1, 0.15) is 0 Å². The predicted molar refractivity (Wildman–Crippen MR) is 48.9 cm³/mol. The highest BCUT2D eigenvalue weighted by Crippen LogP contribution is 2.03. The third kappa shape index (κ3) is 5.55. The Morgan fingerprint density at radius 2 is 2.36 bits per heavy atom. The lowest BCUT2D eigenvalue weighted by molar-refractivity contribution is 0.203. The van der Waals surface area contributed by atoms with E-state index in [4.69, 9.17) is 4.74 Å². The summed E-state index contributed by atoms with van der Waals surface area (Å²) in [5, 5.41) is 0. The van der Waals surface area contributed by atoms with E-state index in [0.717, 1.165) is 18.6 Å². The molecular weight excluding hydrogens is 138 g/mol. The van der Waals surface area contributed by atoms with Gasteiger partial charge in [-0.2, -0.15) is 0 Å². The molecule has 0 N–H and O–H groups in total. The summed E-state index contributed by atoms with van der Waals surface area (Å²) < 4.78 is 4.93. The smallest absolute Gasteiger partial charge is 0.0503 e. The van der Waals surface area contributed by atoms with E-state index in [1.54, 1.807) is 13.3 Å². The van der Waals surface area contributed by atoms with Crippen LogP contribution in [-0.4, -0.2) is 20.4 Å². The molecule has 0 aromatic heterocycles. The Bertz CT molecular complexity index is 159. The summed E-state index contributed by atoms with van der Waals surface area (Å²) in [7, 11) is 1.69. The Morgan fingerprint density at radius 1 is 1.64 bits per heavy atom. The summed E-state index contributed by atoms with van der Waals surface area (Å²) in [6.45, 7) is 6.09. The largest absolute Gasteiger partial charge is 0.384 e. The standard InChI is InChI=1S/C9H15NO/c1-4-5-9(8-10-2)6-7-11-3/h4-5,8H,2,6-7H2,1,3H3/b5-4-,9-8+. The molecule has 0 unspecified atom stereocenters. The summed E-state index contributed by atoms with van der Waals surface area (Å²) in [6.07, 6.45) is 6.62. The van der Waals surface area contributed by atoms with Gasteiger partial charge in [-0.15, -0.1) is 0 Å². The fraction of sp³-hybridized carbons (Fsp3) is 0.444. The molecule has 0 spiro atoms. The first-order valence-electron chi connectivity index (χ1n) is 3.61. The van der Waals surface area contributed by atoms with Crippen LogP contribution in [0.25, 0.3) is 0 Å². The zero-order valence-electron chi connectivity index (χ0n) is 7.21. The SMILES string of the molecule is C=N/C=C(\C=C/C)CCOC. The van der Waals surface area contributed by atoms with Crippen LogP contribution in [-0.2, 0) is 4.74 Å².